The first kappa shape index (κ1) is 21.4. The maximum Gasteiger partial charge on any atom is 0.336 e. The van der Waals surface area contributed by atoms with Gasteiger partial charge in [0.25, 0.3) is 0 Å². The van der Waals surface area contributed by atoms with E-state index >= 15 is 0 Å². The summed E-state index contributed by atoms with van der Waals surface area (Å²) in [5.74, 6) is -3.98. The van der Waals surface area contributed by atoms with Crippen LogP contribution in [0.3, 0.4) is 0 Å². The molecule has 2 aromatic rings. The van der Waals surface area contributed by atoms with Gasteiger partial charge in [-0.1, -0.05) is 30.9 Å². The minimum absolute atomic E-state index is 0.0380. The van der Waals surface area contributed by atoms with Gasteiger partial charge >= 0.3 is 5.97 Å². The van der Waals surface area contributed by atoms with Gasteiger partial charge in [-0.3, -0.25) is 4.79 Å². The molecule has 1 heterocycles. The average Bonchev–Trinajstić information content (AvgIpc) is 2.70. The highest BCUT2D eigenvalue weighted by Gasteiger charge is 2.38. The Morgan fingerprint density at radius 1 is 1.17 bits per heavy atom. The summed E-state index contributed by atoms with van der Waals surface area (Å²) in [7, 11) is 0. The van der Waals surface area contributed by atoms with Crippen molar-refractivity contribution in [1.29, 1.82) is 0 Å². The molecule has 0 aliphatic carbocycles. The molecule has 1 amide bonds. The lowest BCUT2D eigenvalue weighted by molar-refractivity contribution is -0.139. The van der Waals surface area contributed by atoms with Crippen molar-refractivity contribution in [2.24, 2.45) is 0 Å². The molecule has 1 aliphatic rings. The molecule has 0 radical (unpaired) electrons. The highest BCUT2D eigenvalue weighted by molar-refractivity contribution is 5.96. The van der Waals surface area contributed by atoms with E-state index in [4.69, 9.17) is 4.74 Å². The van der Waals surface area contributed by atoms with Gasteiger partial charge in [0.1, 0.15) is 24.1 Å². The fourth-order valence-corrected chi connectivity index (χ4v) is 3.50. The summed E-state index contributed by atoms with van der Waals surface area (Å²) >= 11 is 0. The molecule has 1 aliphatic heterocycles. The van der Waals surface area contributed by atoms with Crippen molar-refractivity contribution < 1.29 is 27.5 Å². The number of rotatable bonds is 6. The number of nitrogens with zero attached hydrogens (tertiary/aromatic N) is 1. The van der Waals surface area contributed by atoms with E-state index in [1.807, 2.05) is 0 Å². The lowest BCUT2D eigenvalue weighted by atomic mass is 9.83. The zero-order chi connectivity index (χ0) is 21.8. The summed E-state index contributed by atoms with van der Waals surface area (Å²) < 4.78 is 46.2. The summed E-state index contributed by atoms with van der Waals surface area (Å²) in [5.41, 5.74) is 1.12. The highest BCUT2D eigenvalue weighted by atomic mass is 19.1. The second kappa shape index (κ2) is 8.98. The molecule has 1 atom stereocenters. The molecule has 0 saturated carbocycles. The number of carbonyl (C=O) groups excluding carboxylic acids is 2. The first-order chi connectivity index (χ1) is 14.3. The number of esters is 1. The Balaban J connectivity index is 2.04. The molecule has 4 nitrogen and oxygen atoms in total. The van der Waals surface area contributed by atoms with Crippen molar-refractivity contribution in [2.45, 2.75) is 25.8 Å². The number of ether oxygens (including phenoxy) is 1. The molecule has 0 aromatic heterocycles. The molecule has 3 rings (SSSR count). The van der Waals surface area contributed by atoms with Gasteiger partial charge in [0.15, 0.2) is 0 Å². The molecular formula is C23H20F3NO3. The van der Waals surface area contributed by atoms with Crippen LogP contribution in [0.1, 0.15) is 30.4 Å². The number of hydrogen-bond donors (Lipinski definition) is 0. The van der Waals surface area contributed by atoms with E-state index < -0.39 is 29.3 Å². The predicted molar refractivity (Wildman–Crippen MR) is 105 cm³/mol. The molecule has 7 heteroatoms. The molecule has 0 N–H and O–H groups in total. The third-order valence-electron chi connectivity index (χ3n) is 4.97. The standard InChI is InChI=1S/C23H20F3NO3/c1-3-10-30-23(29)22-14(2)27(13-15-4-6-16(24)7-5-15)21(28)12-19(22)18-9-8-17(25)11-20(18)26/h3-9,11,19H,1,10,12-13H2,2H3. The van der Waals surface area contributed by atoms with Crippen LogP contribution in [-0.2, 0) is 20.9 Å². The van der Waals surface area contributed by atoms with Crippen LogP contribution in [0.4, 0.5) is 13.2 Å². The van der Waals surface area contributed by atoms with E-state index in [-0.39, 0.29) is 36.6 Å². The van der Waals surface area contributed by atoms with E-state index in [0.29, 0.717) is 17.3 Å². The minimum atomic E-state index is -0.917. The molecule has 2 aromatic carbocycles. The molecule has 156 valence electrons. The number of hydrogen-bond acceptors (Lipinski definition) is 3. The average molecular weight is 415 g/mol. The van der Waals surface area contributed by atoms with Crippen LogP contribution >= 0.6 is 0 Å². The van der Waals surface area contributed by atoms with Gasteiger partial charge in [0, 0.05) is 24.1 Å². The number of benzene rings is 2. The van der Waals surface area contributed by atoms with E-state index in [0.717, 1.165) is 6.07 Å². The smallest absolute Gasteiger partial charge is 0.336 e. The SMILES string of the molecule is C=CCOC(=O)C1=C(C)N(Cc2ccc(F)cc2)C(=O)CC1c1ccc(F)cc1F. The van der Waals surface area contributed by atoms with Crippen LogP contribution in [0.5, 0.6) is 0 Å². The highest BCUT2D eigenvalue weighted by Crippen LogP contribution is 2.38. The van der Waals surface area contributed by atoms with Crippen LogP contribution in [0, 0.1) is 17.5 Å². The summed E-state index contributed by atoms with van der Waals surface area (Å²) in [6.45, 7) is 5.12. The summed E-state index contributed by atoms with van der Waals surface area (Å²) in [4.78, 5) is 27.0. The molecule has 0 spiro atoms. The maximum atomic E-state index is 14.5. The molecule has 1 unspecified atom stereocenters. The van der Waals surface area contributed by atoms with Gasteiger partial charge in [-0.15, -0.1) is 0 Å². The van der Waals surface area contributed by atoms with Crippen LogP contribution in [0.15, 0.2) is 66.4 Å². The third kappa shape index (κ3) is 4.45. The van der Waals surface area contributed by atoms with Gasteiger partial charge in [0.05, 0.1) is 12.1 Å². The third-order valence-corrected chi connectivity index (χ3v) is 4.97. The largest absolute Gasteiger partial charge is 0.458 e. The Kier molecular flexibility index (Phi) is 6.40. The zero-order valence-electron chi connectivity index (χ0n) is 16.3. The molecule has 0 bridgehead atoms. The van der Waals surface area contributed by atoms with Gasteiger partial charge in [-0.05, 0) is 36.2 Å². The topological polar surface area (TPSA) is 46.6 Å². The molecule has 0 fully saturated rings. The fraction of sp³-hybridized carbons (Fsp3) is 0.217. The number of carbonyl (C=O) groups is 2. The Morgan fingerprint density at radius 2 is 1.83 bits per heavy atom. The van der Waals surface area contributed by atoms with Gasteiger partial charge in [0.2, 0.25) is 5.91 Å². The van der Waals surface area contributed by atoms with Crippen LogP contribution < -0.4 is 0 Å². The van der Waals surface area contributed by atoms with Crippen molar-refractivity contribution >= 4 is 11.9 Å². The Hall–Kier alpha value is -3.35. The number of halogens is 3. The molecule has 0 saturated heterocycles. The van der Waals surface area contributed by atoms with Crippen molar-refractivity contribution in [3.8, 4) is 0 Å². The summed E-state index contributed by atoms with van der Waals surface area (Å²) in [6, 6.07) is 8.65. The molecule has 30 heavy (non-hydrogen) atoms. The van der Waals surface area contributed by atoms with Crippen molar-refractivity contribution in [3.05, 3.63) is 95.0 Å². The zero-order valence-corrected chi connectivity index (χ0v) is 16.3. The van der Waals surface area contributed by atoms with E-state index in [9.17, 15) is 22.8 Å². The van der Waals surface area contributed by atoms with E-state index in [1.54, 1.807) is 6.92 Å². The van der Waals surface area contributed by atoms with E-state index in [2.05, 4.69) is 6.58 Å². The Labute approximate surface area is 172 Å². The Bertz CT molecular complexity index is 1010. The first-order valence-corrected chi connectivity index (χ1v) is 9.30. The number of amides is 1. The second-order valence-electron chi connectivity index (χ2n) is 6.92. The summed E-state index contributed by atoms with van der Waals surface area (Å²) in [6.07, 6.45) is 1.20. The normalized spacial score (nSPS) is 16.6. The second-order valence-corrected chi connectivity index (χ2v) is 6.92. The van der Waals surface area contributed by atoms with Crippen molar-refractivity contribution in [2.75, 3.05) is 6.61 Å². The van der Waals surface area contributed by atoms with Crippen molar-refractivity contribution in [3.63, 3.8) is 0 Å². The van der Waals surface area contributed by atoms with Crippen LogP contribution in [0.2, 0.25) is 0 Å². The Morgan fingerprint density at radius 3 is 2.47 bits per heavy atom. The monoisotopic (exact) mass is 415 g/mol. The molecular weight excluding hydrogens is 395 g/mol. The summed E-state index contributed by atoms with van der Waals surface area (Å²) in [5, 5.41) is 0. The first-order valence-electron chi connectivity index (χ1n) is 9.30. The van der Waals surface area contributed by atoms with Gasteiger partial charge in [-0.2, -0.15) is 0 Å². The minimum Gasteiger partial charge on any atom is -0.458 e. The predicted octanol–water partition coefficient (Wildman–Crippen LogP) is 4.62. The van der Waals surface area contributed by atoms with E-state index in [1.165, 1.54) is 41.3 Å². The van der Waals surface area contributed by atoms with Gasteiger partial charge in [-0.25, -0.2) is 18.0 Å². The lowest BCUT2D eigenvalue weighted by Gasteiger charge is -2.34. The number of allylic oxidation sites excluding steroid dienone is 1. The van der Waals surface area contributed by atoms with Gasteiger partial charge < -0.3 is 9.64 Å². The van der Waals surface area contributed by atoms with Crippen LogP contribution in [0.25, 0.3) is 0 Å². The fourth-order valence-electron chi connectivity index (χ4n) is 3.50. The lowest BCUT2D eigenvalue weighted by Crippen LogP contribution is -2.38. The van der Waals surface area contributed by atoms with Crippen LogP contribution in [-0.4, -0.2) is 23.4 Å². The maximum absolute atomic E-state index is 14.5. The van der Waals surface area contributed by atoms with Crippen molar-refractivity contribution in [1.82, 2.24) is 4.90 Å². The quantitative estimate of drug-likeness (QED) is 0.511.